The molecule has 6 heteroatoms. The Morgan fingerprint density at radius 1 is 0.375 bits per heavy atom. The van der Waals surface area contributed by atoms with Crippen LogP contribution in [0.3, 0.4) is 0 Å². The van der Waals surface area contributed by atoms with E-state index in [1.807, 2.05) is 48.5 Å². The predicted molar refractivity (Wildman–Crippen MR) is 248 cm³/mol. The van der Waals surface area contributed by atoms with Crippen LogP contribution in [0.2, 0.25) is 0 Å². The first-order chi connectivity index (χ1) is 27.6. The number of nitrogens with one attached hydrogen (secondary N) is 2. The number of carbonyl (C=O) groups excluding carboxylic acids is 2. The zero-order valence-corrected chi connectivity index (χ0v) is 37.9. The van der Waals surface area contributed by atoms with Crippen molar-refractivity contribution in [2.24, 2.45) is 0 Å². The van der Waals surface area contributed by atoms with Crippen LogP contribution in [0.4, 0.5) is 0 Å². The van der Waals surface area contributed by atoms with Gasteiger partial charge in [-0.1, -0.05) is 240 Å². The molecule has 0 unspecified atom stereocenters. The van der Waals surface area contributed by atoms with Crippen molar-refractivity contribution in [3.63, 3.8) is 0 Å². The fraction of sp³-hybridized carbons (Fsp3) is 0.720. The highest BCUT2D eigenvalue weighted by Crippen LogP contribution is 2.38. The predicted octanol–water partition coefficient (Wildman–Crippen LogP) is 16.5. The maximum absolute atomic E-state index is 12.8. The molecule has 4 nitrogen and oxygen atoms in total. The zero-order chi connectivity index (χ0) is 40.0. The molecule has 2 aromatic carbocycles. The number of rotatable bonds is 39. The Morgan fingerprint density at radius 2 is 0.625 bits per heavy atom. The first kappa shape index (κ1) is 50.2. The lowest BCUT2D eigenvalue weighted by atomic mass is 10.0. The third-order valence-corrected chi connectivity index (χ3v) is 13.4. The highest BCUT2D eigenvalue weighted by molar-refractivity contribution is 8.76. The van der Waals surface area contributed by atoms with Crippen molar-refractivity contribution >= 4 is 33.4 Å². The maximum Gasteiger partial charge on any atom is 0.251 e. The Hall–Kier alpha value is -1.92. The van der Waals surface area contributed by atoms with Gasteiger partial charge in [-0.2, -0.15) is 0 Å². The summed E-state index contributed by atoms with van der Waals surface area (Å²) >= 11 is 0. The van der Waals surface area contributed by atoms with E-state index in [9.17, 15) is 9.59 Å². The van der Waals surface area contributed by atoms with Crippen molar-refractivity contribution in [3.05, 3.63) is 59.7 Å². The molecule has 0 aromatic heterocycles. The second kappa shape index (κ2) is 37.4. The number of hydrogen-bond donors (Lipinski definition) is 2. The van der Waals surface area contributed by atoms with Gasteiger partial charge < -0.3 is 10.6 Å². The molecule has 0 aliphatic heterocycles. The molecule has 2 aromatic rings. The first-order valence-electron chi connectivity index (χ1n) is 23.7. The van der Waals surface area contributed by atoms with Crippen LogP contribution in [0.5, 0.6) is 0 Å². The van der Waals surface area contributed by atoms with Gasteiger partial charge in [0.2, 0.25) is 0 Å². The normalized spacial score (nSPS) is 11.2. The van der Waals surface area contributed by atoms with E-state index >= 15 is 0 Å². The Morgan fingerprint density at radius 3 is 0.893 bits per heavy atom. The molecule has 0 aliphatic carbocycles. The highest BCUT2D eigenvalue weighted by atomic mass is 33.1. The molecule has 0 saturated carbocycles. The lowest BCUT2D eigenvalue weighted by molar-refractivity contribution is 0.0944. The quantitative estimate of drug-likeness (QED) is 0.0522. The monoisotopic (exact) mass is 809 g/mol. The SMILES string of the molecule is CCCCCCCCCCCCCCCCCCNC(=O)c1cccc(SSc2cccc(C(=O)NCCCCCCCCCCCCCCCCCC)c2)c1. The Kier molecular flexibility index (Phi) is 33.5. The molecule has 0 radical (unpaired) electrons. The van der Waals surface area contributed by atoms with Crippen LogP contribution >= 0.6 is 21.6 Å². The van der Waals surface area contributed by atoms with Crippen molar-refractivity contribution in [1.82, 2.24) is 10.6 Å². The molecule has 0 bridgehead atoms. The molecule has 56 heavy (non-hydrogen) atoms. The van der Waals surface area contributed by atoms with Gasteiger partial charge in [-0.25, -0.2) is 0 Å². The lowest BCUT2D eigenvalue weighted by Crippen LogP contribution is -2.24. The van der Waals surface area contributed by atoms with E-state index in [0.717, 1.165) is 35.7 Å². The summed E-state index contributed by atoms with van der Waals surface area (Å²) in [6.07, 6.45) is 43.3. The molecule has 0 atom stereocenters. The van der Waals surface area contributed by atoms with Crippen LogP contribution in [-0.2, 0) is 0 Å². The van der Waals surface area contributed by atoms with Crippen molar-refractivity contribution in [1.29, 1.82) is 0 Å². The molecular weight excluding hydrogens is 725 g/mol. The maximum atomic E-state index is 12.8. The molecule has 2 rings (SSSR count). The summed E-state index contributed by atoms with van der Waals surface area (Å²) < 4.78 is 0. The first-order valence-corrected chi connectivity index (χ1v) is 25.9. The largest absolute Gasteiger partial charge is 0.352 e. The summed E-state index contributed by atoms with van der Waals surface area (Å²) in [7, 11) is 3.24. The van der Waals surface area contributed by atoms with Gasteiger partial charge in [0.25, 0.3) is 11.8 Å². The fourth-order valence-corrected chi connectivity index (χ4v) is 9.44. The number of carbonyl (C=O) groups is 2. The van der Waals surface area contributed by atoms with Gasteiger partial charge >= 0.3 is 0 Å². The molecule has 0 aliphatic rings. The van der Waals surface area contributed by atoms with Crippen molar-refractivity contribution in [3.8, 4) is 0 Å². The number of amides is 2. The molecule has 0 spiro atoms. The van der Waals surface area contributed by atoms with Gasteiger partial charge in [0, 0.05) is 34.0 Å². The van der Waals surface area contributed by atoms with E-state index in [4.69, 9.17) is 0 Å². The molecular formula is C50H84N2O2S2. The number of benzene rings is 2. The fourth-order valence-electron chi connectivity index (χ4n) is 7.43. The molecule has 0 fully saturated rings. The Balaban J connectivity index is 1.47. The molecule has 0 saturated heterocycles. The molecule has 318 valence electrons. The summed E-state index contributed by atoms with van der Waals surface area (Å²) in [4.78, 5) is 27.7. The van der Waals surface area contributed by atoms with Crippen LogP contribution in [0, 0.1) is 0 Å². The van der Waals surface area contributed by atoms with Crippen LogP contribution < -0.4 is 10.6 Å². The van der Waals surface area contributed by atoms with Crippen LogP contribution in [0.1, 0.15) is 240 Å². The minimum absolute atomic E-state index is 0.00132. The average molecular weight is 809 g/mol. The smallest absolute Gasteiger partial charge is 0.251 e. The van der Waals surface area contributed by atoms with Gasteiger partial charge in [0.05, 0.1) is 0 Å². The van der Waals surface area contributed by atoms with Gasteiger partial charge in [-0.15, -0.1) is 0 Å². The lowest BCUT2D eigenvalue weighted by Gasteiger charge is -2.08. The van der Waals surface area contributed by atoms with E-state index in [0.29, 0.717) is 11.1 Å². The topological polar surface area (TPSA) is 58.2 Å². The summed E-state index contributed by atoms with van der Waals surface area (Å²) in [5, 5.41) is 6.24. The third kappa shape index (κ3) is 28.5. The van der Waals surface area contributed by atoms with E-state index in [1.54, 1.807) is 21.6 Å². The van der Waals surface area contributed by atoms with Crippen molar-refractivity contribution in [2.75, 3.05) is 13.1 Å². The Bertz CT molecular complexity index is 1130. The summed E-state index contributed by atoms with van der Waals surface area (Å²) in [5.74, 6) is 0.00263. The second-order valence-corrected chi connectivity index (χ2v) is 18.6. The van der Waals surface area contributed by atoms with Gasteiger partial charge in [-0.05, 0) is 49.2 Å². The zero-order valence-electron chi connectivity index (χ0n) is 36.3. The summed E-state index contributed by atoms with van der Waals surface area (Å²) in [5.41, 5.74) is 1.41. The van der Waals surface area contributed by atoms with Gasteiger partial charge in [0.15, 0.2) is 0 Å². The summed E-state index contributed by atoms with van der Waals surface area (Å²) in [6, 6.07) is 15.7. The van der Waals surface area contributed by atoms with E-state index < -0.39 is 0 Å². The third-order valence-electron chi connectivity index (χ3n) is 11.1. The van der Waals surface area contributed by atoms with Crippen LogP contribution in [0.15, 0.2) is 58.3 Å². The van der Waals surface area contributed by atoms with Crippen LogP contribution in [0.25, 0.3) is 0 Å². The van der Waals surface area contributed by atoms with Crippen LogP contribution in [-0.4, -0.2) is 24.9 Å². The number of hydrogen-bond acceptors (Lipinski definition) is 4. The Labute approximate surface area is 353 Å². The van der Waals surface area contributed by atoms with Gasteiger partial charge in [0.1, 0.15) is 0 Å². The van der Waals surface area contributed by atoms with Gasteiger partial charge in [-0.3, -0.25) is 9.59 Å². The molecule has 2 N–H and O–H groups in total. The summed E-state index contributed by atoms with van der Waals surface area (Å²) in [6.45, 7) is 6.04. The van der Waals surface area contributed by atoms with E-state index in [1.165, 1.54) is 193 Å². The highest BCUT2D eigenvalue weighted by Gasteiger charge is 2.09. The average Bonchev–Trinajstić information content (AvgIpc) is 3.22. The van der Waals surface area contributed by atoms with Crippen molar-refractivity contribution < 1.29 is 9.59 Å². The standard InChI is InChI=1S/C50H84N2O2S2/c1-3-5-7-9-11-13-15-17-19-21-23-25-27-29-31-33-41-51-49(53)45-37-35-39-47(43-45)55-56-48-40-36-38-46(44-48)50(54)52-42-34-32-30-28-26-24-22-20-18-16-14-12-10-8-6-4-2/h35-40,43-44H,3-34,41-42H2,1-2H3,(H,51,53)(H,52,54). The molecule has 2 amide bonds. The van der Waals surface area contributed by atoms with Crippen molar-refractivity contribution in [2.45, 2.75) is 229 Å². The minimum Gasteiger partial charge on any atom is -0.352 e. The van der Waals surface area contributed by atoms with E-state index in [2.05, 4.69) is 24.5 Å². The van der Waals surface area contributed by atoms with E-state index in [-0.39, 0.29) is 11.8 Å². The number of unbranched alkanes of at least 4 members (excludes halogenated alkanes) is 30. The minimum atomic E-state index is 0.00132. The molecule has 0 heterocycles. The second-order valence-electron chi connectivity index (χ2n) is 16.3.